The fourth-order valence-electron chi connectivity index (χ4n) is 1.16. The molecule has 2 nitrogen and oxygen atoms in total. The van der Waals surface area contributed by atoms with Gasteiger partial charge in [0.2, 0.25) is 0 Å². The van der Waals surface area contributed by atoms with Crippen molar-refractivity contribution in [1.82, 2.24) is 4.98 Å². The minimum absolute atomic E-state index is 0.189. The summed E-state index contributed by atoms with van der Waals surface area (Å²) in [5.41, 5.74) is -1.44. The molecule has 1 aromatic heterocycles. The third-order valence-corrected chi connectivity index (χ3v) is 2.28. The summed E-state index contributed by atoms with van der Waals surface area (Å²) in [5, 5.41) is 8.22. The van der Waals surface area contributed by atoms with E-state index >= 15 is 0 Å². The fourth-order valence-corrected chi connectivity index (χ4v) is 1.40. The van der Waals surface area contributed by atoms with Crippen LogP contribution in [0.1, 0.15) is 36.6 Å². The highest BCUT2D eigenvalue weighted by molar-refractivity contribution is 6.30. The van der Waals surface area contributed by atoms with E-state index < -0.39 is 22.5 Å². The lowest BCUT2D eigenvalue weighted by Gasteiger charge is -2.13. The van der Waals surface area contributed by atoms with Gasteiger partial charge in [-0.25, -0.2) is 4.98 Å². The van der Waals surface area contributed by atoms with E-state index in [1.807, 2.05) is 0 Å². The zero-order valence-corrected chi connectivity index (χ0v) is 9.32. The molecule has 0 unspecified atom stereocenters. The molecule has 1 aromatic rings. The molecule has 1 heterocycles. The molecule has 0 spiro atoms. The topological polar surface area (TPSA) is 36.7 Å². The van der Waals surface area contributed by atoms with E-state index in [2.05, 4.69) is 4.98 Å². The Balaban J connectivity index is 3.51. The highest BCUT2D eigenvalue weighted by Gasteiger charge is 2.35. The number of nitriles is 1. The molecule has 6 heteroatoms. The summed E-state index contributed by atoms with van der Waals surface area (Å²) in [6.45, 7) is 3.40. The molecule has 0 saturated heterocycles. The number of rotatable bonds is 1. The van der Waals surface area contributed by atoms with Crippen molar-refractivity contribution in [3.05, 3.63) is 28.0 Å². The van der Waals surface area contributed by atoms with Crippen LogP contribution in [-0.2, 0) is 6.18 Å². The Morgan fingerprint density at radius 2 is 2.00 bits per heavy atom. The van der Waals surface area contributed by atoms with Crippen LogP contribution in [0.4, 0.5) is 13.2 Å². The van der Waals surface area contributed by atoms with Crippen LogP contribution in [0.25, 0.3) is 0 Å². The maximum Gasteiger partial charge on any atom is 0.417 e. The SMILES string of the molecule is CC(C)c1cc(C(F)(F)F)c(C#N)c(Cl)n1. The summed E-state index contributed by atoms with van der Waals surface area (Å²) in [7, 11) is 0. The van der Waals surface area contributed by atoms with Gasteiger partial charge in [0.05, 0.1) is 5.56 Å². The van der Waals surface area contributed by atoms with E-state index in [1.54, 1.807) is 13.8 Å². The van der Waals surface area contributed by atoms with E-state index in [-0.39, 0.29) is 11.6 Å². The van der Waals surface area contributed by atoms with Crippen LogP contribution in [0.5, 0.6) is 0 Å². The molecule has 0 aliphatic heterocycles. The minimum Gasteiger partial charge on any atom is -0.239 e. The number of nitrogens with zero attached hydrogens (tertiary/aromatic N) is 2. The summed E-state index contributed by atoms with van der Waals surface area (Å²) in [6, 6.07) is 2.29. The van der Waals surface area contributed by atoms with E-state index in [0.29, 0.717) is 0 Å². The predicted octanol–water partition coefficient (Wildman–Crippen LogP) is 3.75. The second-order valence-corrected chi connectivity index (χ2v) is 3.88. The molecule has 16 heavy (non-hydrogen) atoms. The van der Waals surface area contributed by atoms with Gasteiger partial charge in [0.1, 0.15) is 16.8 Å². The number of aromatic nitrogens is 1. The Morgan fingerprint density at radius 1 is 1.44 bits per heavy atom. The van der Waals surface area contributed by atoms with Gasteiger partial charge in [-0.3, -0.25) is 0 Å². The second-order valence-electron chi connectivity index (χ2n) is 3.52. The van der Waals surface area contributed by atoms with Gasteiger partial charge < -0.3 is 0 Å². The molecule has 0 N–H and O–H groups in total. The quantitative estimate of drug-likeness (QED) is 0.710. The number of alkyl halides is 3. The third kappa shape index (κ3) is 2.45. The van der Waals surface area contributed by atoms with Crippen molar-refractivity contribution in [3.63, 3.8) is 0 Å². The highest BCUT2D eigenvalue weighted by atomic mass is 35.5. The molecule has 0 bridgehead atoms. The largest absolute Gasteiger partial charge is 0.417 e. The first-order chi connectivity index (χ1) is 7.27. The zero-order chi connectivity index (χ0) is 12.5. The Hall–Kier alpha value is -1.28. The lowest BCUT2D eigenvalue weighted by Crippen LogP contribution is -2.11. The average Bonchev–Trinajstić information content (AvgIpc) is 2.14. The summed E-state index contributed by atoms with van der Waals surface area (Å²) in [5.74, 6) is -0.189. The first-order valence-electron chi connectivity index (χ1n) is 4.45. The molecular formula is C10H8ClF3N2. The van der Waals surface area contributed by atoms with Crippen molar-refractivity contribution in [2.75, 3.05) is 0 Å². The van der Waals surface area contributed by atoms with Gasteiger partial charge in [0, 0.05) is 5.69 Å². The molecule has 0 atom stereocenters. The standard InChI is InChI=1S/C10H8ClF3N2/c1-5(2)8-3-7(10(12,13)14)6(4-15)9(11)16-8/h3,5H,1-2H3. The molecule has 1 rings (SSSR count). The van der Waals surface area contributed by atoms with E-state index in [9.17, 15) is 13.2 Å². The number of halogens is 4. The molecular weight excluding hydrogens is 241 g/mol. The van der Waals surface area contributed by atoms with Gasteiger partial charge in [-0.1, -0.05) is 25.4 Å². The number of hydrogen-bond acceptors (Lipinski definition) is 2. The van der Waals surface area contributed by atoms with Crippen molar-refractivity contribution in [2.24, 2.45) is 0 Å². The van der Waals surface area contributed by atoms with E-state index in [0.717, 1.165) is 6.07 Å². The molecule has 0 radical (unpaired) electrons. The van der Waals surface area contributed by atoms with Crippen LogP contribution >= 0.6 is 11.6 Å². The molecule has 0 fully saturated rings. The van der Waals surface area contributed by atoms with E-state index in [4.69, 9.17) is 16.9 Å². The lowest BCUT2D eigenvalue weighted by atomic mass is 10.0. The Bertz CT molecular complexity index is 447. The molecule has 0 aromatic carbocycles. The highest BCUT2D eigenvalue weighted by Crippen LogP contribution is 2.35. The predicted molar refractivity (Wildman–Crippen MR) is 53.1 cm³/mol. The zero-order valence-electron chi connectivity index (χ0n) is 8.56. The molecule has 0 amide bonds. The number of pyridine rings is 1. The van der Waals surface area contributed by atoms with Crippen molar-refractivity contribution in [3.8, 4) is 6.07 Å². The summed E-state index contributed by atoms with van der Waals surface area (Å²) >= 11 is 5.55. The molecule has 86 valence electrons. The van der Waals surface area contributed by atoms with Crippen molar-refractivity contribution in [2.45, 2.75) is 25.9 Å². The maximum atomic E-state index is 12.6. The Labute approximate surface area is 95.7 Å². The van der Waals surface area contributed by atoms with Crippen LogP contribution in [-0.4, -0.2) is 4.98 Å². The van der Waals surface area contributed by atoms with Crippen molar-refractivity contribution in [1.29, 1.82) is 5.26 Å². The third-order valence-electron chi connectivity index (χ3n) is 2.00. The molecule has 0 saturated carbocycles. The van der Waals surface area contributed by atoms with Crippen LogP contribution in [0.2, 0.25) is 5.15 Å². The summed E-state index contributed by atoms with van der Waals surface area (Å²) in [4.78, 5) is 3.76. The van der Waals surface area contributed by atoms with Gasteiger partial charge >= 0.3 is 6.18 Å². The maximum absolute atomic E-state index is 12.6. The fraction of sp³-hybridized carbons (Fsp3) is 0.400. The summed E-state index contributed by atoms with van der Waals surface area (Å²) < 4.78 is 37.9. The molecule has 0 aliphatic carbocycles. The van der Waals surface area contributed by atoms with Gasteiger partial charge in [-0.05, 0) is 12.0 Å². The van der Waals surface area contributed by atoms with Crippen molar-refractivity contribution >= 4 is 11.6 Å². The lowest BCUT2D eigenvalue weighted by molar-refractivity contribution is -0.137. The van der Waals surface area contributed by atoms with Crippen LogP contribution in [0.15, 0.2) is 6.07 Å². The first kappa shape index (κ1) is 12.8. The second kappa shape index (κ2) is 4.30. The average molecular weight is 249 g/mol. The van der Waals surface area contributed by atoms with E-state index in [1.165, 1.54) is 6.07 Å². The normalized spacial score (nSPS) is 11.6. The van der Waals surface area contributed by atoms with Gasteiger partial charge in [-0.15, -0.1) is 0 Å². The minimum atomic E-state index is -4.60. The number of hydrogen-bond donors (Lipinski definition) is 0. The Morgan fingerprint density at radius 3 is 2.38 bits per heavy atom. The van der Waals surface area contributed by atoms with Crippen LogP contribution in [0.3, 0.4) is 0 Å². The smallest absolute Gasteiger partial charge is 0.239 e. The molecule has 0 aliphatic rings. The van der Waals surface area contributed by atoms with Crippen molar-refractivity contribution < 1.29 is 13.2 Å². The summed E-state index contributed by atoms with van der Waals surface area (Å²) in [6.07, 6.45) is -4.60. The van der Waals surface area contributed by atoms with Gasteiger partial charge in [-0.2, -0.15) is 18.4 Å². The van der Waals surface area contributed by atoms with Gasteiger partial charge in [0.25, 0.3) is 0 Å². The van der Waals surface area contributed by atoms with Crippen LogP contribution < -0.4 is 0 Å². The monoisotopic (exact) mass is 248 g/mol. The van der Waals surface area contributed by atoms with Gasteiger partial charge in [0.15, 0.2) is 0 Å². The van der Waals surface area contributed by atoms with Crippen LogP contribution in [0, 0.1) is 11.3 Å². The first-order valence-corrected chi connectivity index (χ1v) is 4.83. The Kier molecular flexibility index (Phi) is 3.44.